The fourth-order valence-electron chi connectivity index (χ4n) is 3.39. The zero-order valence-corrected chi connectivity index (χ0v) is 12.7. The summed E-state index contributed by atoms with van der Waals surface area (Å²) < 4.78 is 5.49. The second-order valence-electron chi connectivity index (χ2n) is 5.85. The second-order valence-corrected chi connectivity index (χ2v) is 5.85. The third kappa shape index (κ3) is 3.62. The Morgan fingerprint density at radius 3 is 2.55 bits per heavy atom. The third-order valence-electron chi connectivity index (χ3n) is 4.48. The predicted molar refractivity (Wildman–Crippen MR) is 82.6 cm³/mol. The monoisotopic (exact) mass is 274 g/mol. The van der Waals surface area contributed by atoms with Gasteiger partial charge in [0.15, 0.2) is 6.29 Å². The van der Waals surface area contributed by atoms with Crippen LogP contribution in [0.3, 0.4) is 0 Å². The Morgan fingerprint density at radius 1 is 1.20 bits per heavy atom. The molecule has 2 rings (SSSR count). The summed E-state index contributed by atoms with van der Waals surface area (Å²) in [6, 6.07) is 6.13. The molecule has 0 spiro atoms. The Labute approximate surface area is 122 Å². The van der Waals surface area contributed by atoms with Crippen molar-refractivity contribution in [2.45, 2.75) is 58.3 Å². The van der Waals surface area contributed by atoms with Crippen LogP contribution < -0.4 is 4.74 Å². The maximum absolute atomic E-state index is 11.2. The average Bonchev–Trinajstić information content (AvgIpc) is 2.49. The molecule has 0 bridgehead atoms. The number of rotatable bonds is 6. The fourth-order valence-corrected chi connectivity index (χ4v) is 3.39. The molecule has 20 heavy (non-hydrogen) atoms. The van der Waals surface area contributed by atoms with Gasteiger partial charge in [0, 0.05) is 0 Å². The van der Waals surface area contributed by atoms with E-state index >= 15 is 0 Å². The maximum Gasteiger partial charge on any atom is 0.153 e. The van der Waals surface area contributed by atoms with Gasteiger partial charge < -0.3 is 4.74 Å². The highest BCUT2D eigenvalue weighted by Crippen LogP contribution is 2.38. The van der Waals surface area contributed by atoms with Crippen LogP contribution in [0.25, 0.3) is 0 Å². The normalized spacial score (nSPS) is 22.5. The highest BCUT2D eigenvalue weighted by molar-refractivity contribution is 5.79. The lowest BCUT2D eigenvalue weighted by molar-refractivity contribution is 0.111. The first-order chi connectivity index (χ1) is 9.78. The van der Waals surface area contributed by atoms with Crippen LogP contribution in [0.15, 0.2) is 18.2 Å². The molecule has 110 valence electrons. The van der Waals surface area contributed by atoms with E-state index in [0.717, 1.165) is 12.2 Å². The highest BCUT2D eigenvalue weighted by Gasteiger charge is 2.22. The van der Waals surface area contributed by atoms with Crippen LogP contribution in [-0.2, 0) is 0 Å². The van der Waals surface area contributed by atoms with Gasteiger partial charge >= 0.3 is 0 Å². The standard InChI is InChI=1S/C18H26O2/c1-3-5-14-6-8-15(9-7-14)16-10-11-18(20-4-2)17(12-16)13-19/h10-15H,3-9H2,1-2H3/t14-,15-. The van der Waals surface area contributed by atoms with E-state index in [1.807, 2.05) is 19.1 Å². The van der Waals surface area contributed by atoms with Crippen molar-refractivity contribution in [3.63, 3.8) is 0 Å². The van der Waals surface area contributed by atoms with Crippen LogP contribution in [0.4, 0.5) is 0 Å². The molecule has 0 N–H and O–H groups in total. The number of hydrogen-bond acceptors (Lipinski definition) is 2. The van der Waals surface area contributed by atoms with Gasteiger partial charge in [-0.1, -0.05) is 25.8 Å². The number of aldehydes is 1. The van der Waals surface area contributed by atoms with E-state index in [4.69, 9.17) is 4.74 Å². The van der Waals surface area contributed by atoms with Gasteiger partial charge in [0.1, 0.15) is 5.75 Å². The SMILES string of the molecule is CCC[C@H]1CC[C@H](c2ccc(OCC)c(C=O)c2)CC1. The molecule has 0 amide bonds. The van der Waals surface area contributed by atoms with Crippen molar-refractivity contribution in [2.75, 3.05) is 6.61 Å². The Kier molecular flexibility index (Phi) is 5.63. The van der Waals surface area contributed by atoms with Gasteiger partial charge in [0.25, 0.3) is 0 Å². The van der Waals surface area contributed by atoms with Gasteiger partial charge in [-0.25, -0.2) is 0 Å². The van der Waals surface area contributed by atoms with Crippen molar-refractivity contribution in [3.8, 4) is 5.75 Å². The zero-order chi connectivity index (χ0) is 14.4. The summed E-state index contributed by atoms with van der Waals surface area (Å²) in [5.74, 6) is 2.26. The molecule has 1 saturated carbocycles. The molecule has 1 fully saturated rings. The topological polar surface area (TPSA) is 26.3 Å². The second kappa shape index (κ2) is 7.47. The van der Waals surface area contributed by atoms with Gasteiger partial charge in [-0.05, 0) is 62.1 Å². The van der Waals surface area contributed by atoms with Crippen LogP contribution in [0, 0.1) is 5.92 Å². The summed E-state index contributed by atoms with van der Waals surface area (Å²) in [4.78, 5) is 11.2. The maximum atomic E-state index is 11.2. The highest BCUT2D eigenvalue weighted by atomic mass is 16.5. The predicted octanol–water partition coefficient (Wildman–Crippen LogP) is 4.97. The Bertz CT molecular complexity index is 431. The van der Waals surface area contributed by atoms with Crippen molar-refractivity contribution in [2.24, 2.45) is 5.92 Å². The Morgan fingerprint density at radius 2 is 1.95 bits per heavy atom. The van der Waals surface area contributed by atoms with E-state index in [1.54, 1.807) is 0 Å². The Balaban J connectivity index is 2.04. The molecule has 0 heterocycles. The minimum absolute atomic E-state index is 0.600. The van der Waals surface area contributed by atoms with Crippen LogP contribution in [0.5, 0.6) is 5.75 Å². The number of carbonyl (C=O) groups is 1. The lowest BCUT2D eigenvalue weighted by Crippen LogP contribution is -2.13. The quantitative estimate of drug-likeness (QED) is 0.684. The van der Waals surface area contributed by atoms with Crippen LogP contribution in [-0.4, -0.2) is 12.9 Å². The minimum Gasteiger partial charge on any atom is -0.493 e. The summed E-state index contributed by atoms with van der Waals surface area (Å²) in [5.41, 5.74) is 2.01. The Hall–Kier alpha value is -1.31. The van der Waals surface area contributed by atoms with Crippen molar-refractivity contribution in [1.82, 2.24) is 0 Å². The molecule has 0 saturated heterocycles. The molecule has 1 aliphatic carbocycles. The van der Waals surface area contributed by atoms with Crippen LogP contribution in [0.2, 0.25) is 0 Å². The number of benzene rings is 1. The van der Waals surface area contributed by atoms with Gasteiger partial charge in [0.05, 0.1) is 12.2 Å². The molecular formula is C18H26O2. The molecule has 0 aromatic heterocycles. The summed E-state index contributed by atoms with van der Waals surface area (Å²) in [7, 11) is 0. The number of hydrogen-bond donors (Lipinski definition) is 0. The van der Waals surface area contributed by atoms with E-state index in [-0.39, 0.29) is 0 Å². The van der Waals surface area contributed by atoms with E-state index in [9.17, 15) is 4.79 Å². The smallest absolute Gasteiger partial charge is 0.153 e. The summed E-state index contributed by atoms with van der Waals surface area (Å²) in [6.45, 7) is 4.81. The molecule has 1 aliphatic rings. The van der Waals surface area contributed by atoms with E-state index < -0.39 is 0 Å². The van der Waals surface area contributed by atoms with Crippen LogP contribution >= 0.6 is 0 Å². The number of carbonyl (C=O) groups excluding carboxylic acids is 1. The fraction of sp³-hybridized carbons (Fsp3) is 0.611. The van der Waals surface area contributed by atoms with E-state index in [0.29, 0.717) is 23.8 Å². The average molecular weight is 274 g/mol. The first kappa shape index (κ1) is 15.1. The molecule has 2 heteroatoms. The molecule has 0 radical (unpaired) electrons. The molecule has 0 atom stereocenters. The summed E-state index contributed by atoms with van der Waals surface area (Å²) >= 11 is 0. The van der Waals surface area contributed by atoms with Gasteiger partial charge in [-0.15, -0.1) is 0 Å². The molecule has 1 aromatic rings. The van der Waals surface area contributed by atoms with E-state index in [2.05, 4.69) is 13.0 Å². The molecule has 0 unspecified atom stereocenters. The van der Waals surface area contributed by atoms with Crippen LogP contribution in [0.1, 0.15) is 74.2 Å². The van der Waals surface area contributed by atoms with Gasteiger partial charge in [-0.2, -0.15) is 0 Å². The van der Waals surface area contributed by atoms with Crippen molar-refractivity contribution in [3.05, 3.63) is 29.3 Å². The number of ether oxygens (including phenoxy) is 1. The third-order valence-corrected chi connectivity index (χ3v) is 4.48. The molecule has 0 aliphatic heterocycles. The summed E-state index contributed by atoms with van der Waals surface area (Å²) in [5, 5.41) is 0. The van der Waals surface area contributed by atoms with E-state index in [1.165, 1.54) is 44.1 Å². The van der Waals surface area contributed by atoms with Crippen molar-refractivity contribution < 1.29 is 9.53 Å². The lowest BCUT2D eigenvalue weighted by atomic mass is 9.77. The van der Waals surface area contributed by atoms with Crippen molar-refractivity contribution >= 4 is 6.29 Å². The molecule has 2 nitrogen and oxygen atoms in total. The first-order valence-electron chi connectivity index (χ1n) is 8.00. The minimum atomic E-state index is 0.600. The first-order valence-corrected chi connectivity index (χ1v) is 8.00. The summed E-state index contributed by atoms with van der Waals surface area (Å²) in [6.07, 6.45) is 8.78. The zero-order valence-electron chi connectivity index (χ0n) is 12.7. The largest absolute Gasteiger partial charge is 0.493 e. The molecular weight excluding hydrogens is 248 g/mol. The van der Waals surface area contributed by atoms with Crippen molar-refractivity contribution in [1.29, 1.82) is 0 Å². The van der Waals surface area contributed by atoms with Gasteiger partial charge in [-0.3, -0.25) is 4.79 Å². The molecule has 1 aromatic carbocycles. The van der Waals surface area contributed by atoms with Gasteiger partial charge in [0.2, 0.25) is 0 Å². The lowest BCUT2D eigenvalue weighted by Gasteiger charge is -2.29.